The molecule has 0 bridgehead atoms. The molecule has 1 aliphatic heterocycles. The van der Waals surface area contributed by atoms with Gasteiger partial charge >= 0.3 is 5.97 Å². The quantitative estimate of drug-likeness (QED) is 0.890. The summed E-state index contributed by atoms with van der Waals surface area (Å²) in [6, 6.07) is 3.86. The SMILES string of the molecule is COc1cc2c(cc1CC(C)(C)C(=O)O)OCC2. The Kier molecular flexibility index (Phi) is 3.20. The summed E-state index contributed by atoms with van der Waals surface area (Å²) in [5.74, 6) is 0.784. The van der Waals surface area contributed by atoms with E-state index in [2.05, 4.69) is 0 Å². The second-order valence-corrected chi connectivity index (χ2v) is 5.24. The topological polar surface area (TPSA) is 55.8 Å². The Balaban J connectivity index is 2.35. The number of methoxy groups -OCH3 is 1. The van der Waals surface area contributed by atoms with Crippen LogP contribution >= 0.6 is 0 Å². The lowest BCUT2D eigenvalue weighted by atomic mass is 9.85. The normalized spacial score (nSPS) is 13.9. The molecule has 0 saturated carbocycles. The van der Waals surface area contributed by atoms with Crippen LogP contribution in [0.4, 0.5) is 0 Å². The predicted molar refractivity (Wildman–Crippen MR) is 67.3 cm³/mol. The van der Waals surface area contributed by atoms with Gasteiger partial charge in [0, 0.05) is 12.0 Å². The summed E-state index contributed by atoms with van der Waals surface area (Å²) in [5, 5.41) is 9.19. The fourth-order valence-corrected chi connectivity index (χ4v) is 2.12. The molecular formula is C14H18O4. The van der Waals surface area contributed by atoms with Gasteiger partial charge < -0.3 is 14.6 Å². The van der Waals surface area contributed by atoms with Crippen LogP contribution in [0.2, 0.25) is 0 Å². The molecule has 1 heterocycles. The Bertz CT molecular complexity index is 477. The summed E-state index contributed by atoms with van der Waals surface area (Å²) in [6.45, 7) is 4.11. The van der Waals surface area contributed by atoms with Crippen LogP contribution in [0.1, 0.15) is 25.0 Å². The lowest BCUT2D eigenvalue weighted by molar-refractivity contribution is -0.146. The number of rotatable bonds is 4. The molecular weight excluding hydrogens is 232 g/mol. The third-order valence-corrected chi connectivity index (χ3v) is 3.30. The molecule has 1 aromatic carbocycles. The first-order valence-corrected chi connectivity index (χ1v) is 6.00. The zero-order valence-corrected chi connectivity index (χ0v) is 10.9. The molecule has 0 atom stereocenters. The second kappa shape index (κ2) is 4.52. The van der Waals surface area contributed by atoms with Crippen molar-refractivity contribution in [2.24, 2.45) is 5.41 Å². The first-order valence-electron chi connectivity index (χ1n) is 6.00. The van der Waals surface area contributed by atoms with Crippen molar-refractivity contribution in [2.45, 2.75) is 26.7 Å². The maximum atomic E-state index is 11.2. The Morgan fingerprint density at radius 1 is 1.50 bits per heavy atom. The lowest BCUT2D eigenvalue weighted by Crippen LogP contribution is -2.26. The van der Waals surface area contributed by atoms with Crippen molar-refractivity contribution >= 4 is 5.97 Å². The molecule has 0 aliphatic carbocycles. The summed E-state index contributed by atoms with van der Waals surface area (Å²) in [6.07, 6.45) is 1.30. The first-order chi connectivity index (χ1) is 8.44. The molecule has 0 amide bonds. The van der Waals surface area contributed by atoms with Gasteiger partial charge in [0.1, 0.15) is 11.5 Å². The van der Waals surface area contributed by atoms with E-state index in [1.807, 2.05) is 12.1 Å². The van der Waals surface area contributed by atoms with Gasteiger partial charge in [0.25, 0.3) is 0 Å². The van der Waals surface area contributed by atoms with E-state index in [0.29, 0.717) is 13.0 Å². The molecule has 1 aliphatic rings. The van der Waals surface area contributed by atoms with Crippen LogP contribution in [0.5, 0.6) is 11.5 Å². The average Bonchev–Trinajstić information content (AvgIpc) is 2.74. The minimum atomic E-state index is -0.819. The number of carboxylic acid groups (broad SMARTS) is 1. The highest BCUT2D eigenvalue weighted by molar-refractivity contribution is 5.74. The number of carbonyl (C=O) groups is 1. The Morgan fingerprint density at radius 2 is 2.22 bits per heavy atom. The number of aliphatic carboxylic acids is 1. The van der Waals surface area contributed by atoms with Crippen LogP contribution in [0.15, 0.2) is 12.1 Å². The third-order valence-electron chi connectivity index (χ3n) is 3.30. The highest BCUT2D eigenvalue weighted by atomic mass is 16.5. The van der Waals surface area contributed by atoms with Crippen LogP contribution in [0, 0.1) is 5.41 Å². The molecule has 1 N–H and O–H groups in total. The fraction of sp³-hybridized carbons (Fsp3) is 0.500. The van der Waals surface area contributed by atoms with Gasteiger partial charge in [0.05, 0.1) is 19.1 Å². The molecule has 0 aromatic heterocycles. The van der Waals surface area contributed by atoms with E-state index >= 15 is 0 Å². The summed E-state index contributed by atoms with van der Waals surface area (Å²) < 4.78 is 10.9. The van der Waals surface area contributed by atoms with E-state index < -0.39 is 11.4 Å². The number of benzene rings is 1. The maximum absolute atomic E-state index is 11.2. The van der Waals surface area contributed by atoms with Gasteiger partial charge in [0.2, 0.25) is 0 Å². The van der Waals surface area contributed by atoms with Gasteiger partial charge in [-0.05, 0) is 38.0 Å². The maximum Gasteiger partial charge on any atom is 0.309 e. The van der Waals surface area contributed by atoms with E-state index in [9.17, 15) is 9.90 Å². The second-order valence-electron chi connectivity index (χ2n) is 5.24. The molecule has 0 radical (unpaired) electrons. The van der Waals surface area contributed by atoms with Crippen LogP contribution < -0.4 is 9.47 Å². The van der Waals surface area contributed by atoms with Crippen molar-refractivity contribution in [2.75, 3.05) is 13.7 Å². The predicted octanol–water partition coefficient (Wildman–Crippen LogP) is 2.28. The Morgan fingerprint density at radius 3 is 2.83 bits per heavy atom. The Hall–Kier alpha value is -1.71. The monoisotopic (exact) mass is 250 g/mol. The number of hydrogen-bond donors (Lipinski definition) is 1. The molecule has 4 heteroatoms. The van der Waals surface area contributed by atoms with Crippen molar-refractivity contribution in [3.8, 4) is 11.5 Å². The molecule has 0 fully saturated rings. The molecule has 18 heavy (non-hydrogen) atoms. The summed E-state index contributed by atoms with van der Waals surface area (Å²) in [7, 11) is 1.61. The molecule has 98 valence electrons. The molecule has 0 spiro atoms. The van der Waals surface area contributed by atoms with Crippen LogP contribution in [-0.4, -0.2) is 24.8 Å². The van der Waals surface area contributed by atoms with Crippen molar-refractivity contribution in [3.05, 3.63) is 23.3 Å². The molecule has 2 rings (SSSR count). The number of carboxylic acids is 1. The lowest BCUT2D eigenvalue weighted by Gasteiger charge is -2.21. The number of hydrogen-bond acceptors (Lipinski definition) is 3. The number of fused-ring (bicyclic) bond motifs is 1. The zero-order chi connectivity index (χ0) is 13.3. The van der Waals surface area contributed by atoms with Crippen molar-refractivity contribution < 1.29 is 19.4 Å². The van der Waals surface area contributed by atoms with E-state index in [1.54, 1.807) is 21.0 Å². The van der Waals surface area contributed by atoms with Crippen LogP contribution in [0.3, 0.4) is 0 Å². The van der Waals surface area contributed by atoms with Crippen molar-refractivity contribution in [3.63, 3.8) is 0 Å². The number of ether oxygens (including phenoxy) is 2. The van der Waals surface area contributed by atoms with E-state index in [1.165, 1.54) is 0 Å². The summed E-state index contributed by atoms with van der Waals surface area (Å²) in [5.41, 5.74) is 1.19. The van der Waals surface area contributed by atoms with Gasteiger partial charge in [-0.3, -0.25) is 4.79 Å². The van der Waals surface area contributed by atoms with E-state index in [4.69, 9.17) is 9.47 Å². The van der Waals surface area contributed by atoms with Gasteiger partial charge in [-0.25, -0.2) is 0 Å². The minimum absolute atomic E-state index is 0.419. The van der Waals surface area contributed by atoms with Crippen LogP contribution in [0.25, 0.3) is 0 Å². The smallest absolute Gasteiger partial charge is 0.309 e. The molecule has 1 aromatic rings. The molecule has 0 saturated heterocycles. The van der Waals surface area contributed by atoms with Crippen LogP contribution in [-0.2, 0) is 17.6 Å². The standard InChI is InChI=1S/C14H18O4/c1-14(2,13(15)16)8-10-7-12-9(4-5-18-12)6-11(10)17-3/h6-7H,4-5,8H2,1-3H3,(H,15,16). The molecule has 0 unspecified atom stereocenters. The average molecular weight is 250 g/mol. The summed E-state index contributed by atoms with van der Waals surface area (Å²) in [4.78, 5) is 11.2. The van der Waals surface area contributed by atoms with Gasteiger partial charge in [-0.15, -0.1) is 0 Å². The van der Waals surface area contributed by atoms with E-state index in [-0.39, 0.29) is 0 Å². The summed E-state index contributed by atoms with van der Waals surface area (Å²) >= 11 is 0. The van der Waals surface area contributed by atoms with Gasteiger partial charge in [-0.2, -0.15) is 0 Å². The van der Waals surface area contributed by atoms with E-state index in [0.717, 1.165) is 29.0 Å². The van der Waals surface area contributed by atoms with Gasteiger partial charge in [0.15, 0.2) is 0 Å². The third kappa shape index (κ3) is 2.28. The van der Waals surface area contributed by atoms with Crippen molar-refractivity contribution in [1.82, 2.24) is 0 Å². The fourth-order valence-electron chi connectivity index (χ4n) is 2.12. The van der Waals surface area contributed by atoms with Gasteiger partial charge in [-0.1, -0.05) is 0 Å². The first kappa shape index (κ1) is 12.7. The molecule has 4 nitrogen and oxygen atoms in total. The zero-order valence-electron chi connectivity index (χ0n) is 10.9. The Labute approximate surface area is 107 Å². The highest BCUT2D eigenvalue weighted by Gasteiger charge is 2.29. The minimum Gasteiger partial charge on any atom is -0.496 e. The highest BCUT2D eigenvalue weighted by Crippen LogP contribution is 2.36. The largest absolute Gasteiger partial charge is 0.496 e. The van der Waals surface area contributed by atoms with Crippen molar-refractivity contribution in [1.29, 1.82) is 0 Å².